The van der Waals surface area contributed by atoms with Crippen molar-refractivity contribution in [1.29, 1.82) is 0 Å². The fourth-order valence-corrected chi connectivity index (χ4v) is 3.81. The van der Waals surface area contributed by atoms with Crippen LogP contribution in [-0.4, -0.2) is 26.2 Å². The zero-order chi connectivity index (χ0) is 16.5. The Hall–Kier alpha value is -1.19. The largest absolute Gasteiger partial charge is 0.417 e. The Morgan fingerprint density at radius 1 is 1.27 bits per heavy atom. The first-order chi connectivity index (χ1) is 10.1. The van der Waals surface area contributed by atoms with E-state index < -0.39 is 38.6 Å². The summed E-state index contributed by atoms with van der Waals surface area (Å²) in [5.41, 5.74) is -1.55. The molecule has 0 aromatic heterocycles. The Kier molecular flexibility index (Phi) is 4.78. The van der Waals surface area contributed by atoms with Crippen molar-refractivity contribution in [2.24, 2.45) is 5.92 Å². The number of alkyl halides is 3. The molecule has 22 heavy (non-hydrogen) atoms. The molecule has 0 heterocycles. The number of aliphatic hydroxyl groups is 1. The van der Waals surface area contributed by atoms with Gasteiger partial charge in [-0.15, -0.1) is 0 Å². The maximum Gasteiger partial charge on any atom is 0.417 e. The van der Waals surface area contributed by atoms with E-state index in [1.165, 1.54) is 0 Å². The summed E-state index contributed by atoms with van der Waals surface area (Å²) < 4.78 is 77.8. The SMILES string of the molecule is O=S(=O)(NC[C@H]1CCC[C@H]1O)c1ccc(F)cc1C(F)(F)F. The maximum absolute atomic E-state index is 13.0. The minimum atomic E-state index is -4.99. The summed E-state index contributed by atoms with van der Waals surface area (Å²) in [6.45, 7) is -0.155. The minimum absolute atomic E-state index is 0.152. The molecule has 0 aliphatic heterocycles. The number of aliphatic hydroxyl groups excluding tert-OH is 1. The number of nitrogens with one attached hydrogen (secondary N) is 1. The lowest BCUT2D eigenvalue weighted by Crippen LogP contribution is -2.33. The van der Waals surface area contributed by atoms with Gasteiger partial charge in [0.1, 0.15) is 5.82 Å². The summed E-state index contributed by atoms with van der Waals surface area (Å²) in [5.74, 6) is -1.50. The van der Waals surface area contributed by atoms with Gasteiger partial charge in [0.15, 0.2) is 0 Å². The predicted octanol–water partition coefficient (Wildman–Crippen LogP) is 2.28. The predicted molar refractivity (Wildman–Crippen MR) is 69.9 cm³/mol. The molecule has 1 aliphatic rings. The highest BCUT2D eigenvalue weighted by molar-refractivity contribution is 7.89. The molecule has 0 radical (unpaired) electrons. The van der Waals surface area contributed by atoms with Gasteiger partial charge in [0.05, 0.1) is 16.6 Å². The molecular weight excluding hydrogens is 326 g/mol. The number of halogens is 4. The zero-order valence-corrected chi connectivity index (χ0v) is 12.2. The molecule has 1 aliphatic carbocycles. The van der Waals surface area contributed by atoms with E-state index in [9.17, 15) is 31.1 Å². The lowest BCUT2D eigenvalue weighted by Gasteiger charge is -2.17. The van der Waals surface area contributed by atoms with Gasteiger partial charge in [0.25, 0.3) is 0 Å². The third-order valence-electron chi connectivity index (χ3n) is 3.69. The molecule has 0 amide bonds. The van der Waals surface area contributed by atoms with Crippen molar-refractivity contribution in [2.75, 3.05) is 6.54 Å². The minimum Gasteiger partial charge on any atom is -0.393 e. The highest BCUT2D eigenvalue weighted by Crippen LogP contribution is 2.34. The van der Waals surface area contributed by atoms with Crippen LogP contribution in [0.4, 0.5) is 17.6 Å². The molecule has 4 nitrogen and oxygen atoms in total. The third kappa shape index (κ3) is 3.76. The molecule has 0 spiro atoms. The maximum atomic E-state index is 13.0. The second kappa shape index (κ2) is 6.13. The zero-order valence-electron chi connectivity index (χ0n) is 11.4. The van der Waals surface area contributed by atoms with Crippen molar-refractivity contribution in [2.45, 2.75) is 36.4 Å². The molecule has 2 rings (SSSR count). The van der Waals surface area contributed by atoms with Gasteiger partial charge >= 0.3 is 6.18 Å². The van der Waals surface area contributed by atoms with Crippen LogP contribution in [0.25, 0.3) is 0 Å². The molecule has 1 saturated carbocycles. The van der Waals surface area contributed by atoms with Gasteiger partial charge < -0.3 is 5.11 Å². The van der Waals surface area contributed by atoms with Crippen molar-refractivity contribution in [1.82, 2.24) is 4.72 Å². The quantitative estimate of drug-likeness (QED) is 0.826. The molecule has 0 unspecified atom stereocenters. The van der Waals surface area contributed by atoms with Crippen LogP contribution in [0.5, 0.6) is 0 Å². The Bertz CT molecular complexity index is 645. The van der Waals surface area contributed by atoms with E-state index in [1.54, 1.807) is 0 Å². The van der Waals surface area contributed by atoms with E-state index in [0.717, 1.165) is 6.42 Å². The van der Waals surface area contributed by atoms with Crippen molar-refractivity contribution in [3.8, 4) is 0 Å². The van der Waals surface area contributed by atoms with Crippen LogP contribution in [-0.2, 0) is 16.2 Å². The smallest absolute Gasteiger partial charge is 0.393 e. The molecule has 1 fully saturated rings. The summed E-state index contributed by atoms with van der Waals surface area (Å²) in [6.07, 6.45) is -3.79. The van der Waals surface area contributed by atoms with Crippen molar-refractivity contribution in [3.05, 3.63) is 29.6 Å². The molecule has 9 heteroatoms. The summed E-state index contributed by atoms with van der Waals surface area (Å²) in [6, 6.07) is 1.40. The molecule has 0 saturated heterocycles. The van der Waals surface area contributed by atoms with E-state index >= 15 is 0 Å². The third-order valence-corrected chi connectivity index (χ3v) is 5.17. The van der Waals surface area contributed by atoms with E-state index in [-0.39, 0.29) is 18.5 Å². The standard InChI is InChI=1S/C13H15F4NO3S/c14-9-4-5-12(10(6-9)13(15,16)17)22(20,21)18-7-8-2-1-3-11(8)19/h4-6,8,11,18-19H,1-3,7H2/t8-,11-/m1/s1. The lowest BCUT2D eigenvalue weighted by molar-refractivity contribution is -0.140. The van der Waals surface area contributed by atoms with Gasteiger partial charge in [-0.3, -0.25) is 0 Å². The van der Waals surface area contributed by atoms with E-state index in [2.05, 4.69) is 4.72 Å². The van der Waals surface area contributed by atoms with E-state index in [4.69, 9.17) is 0 Å². The normalized spacial score (nSPS) is 23.0. The van der Waals surface area contributed by atoms with Crippen LogP contribution in [0.15, 0.2) is 23.1 Å². The van der Waals surface area contributed by atoms with Gasteiger partial charge in [0, 0.05) is 6.54 Å². The second-order valence-corrected chi connectivity index (χ2v) is 6.98. The van der Waals surface area contributed by atoms with Crippen LogP contribution >= 0.6 is 0 Å². The van der Waals surface area contributed by atoms with Crippen molar-refractivity contribution < 1.29 is 31.1 Å². The monoisotopic (exact) mass is 341 g/mol. The molecule has 2 atom stereocenters. The van der Waals surface area contributed by atoms with Gasteiger partial charge in [-0.1, -0.05) is 6.42 Å². The summed E-state index contributed by atoms with van der Waals surface area (Å²) in [7, 11) is -4.45. The molecular formula is C13H15F4NO3S. The molecule has 0 bridgehead atoms. The van der Waals surface area contributed by atoms with Crippen molar-refractivity contribution in [3.63, 3.8) is 0 Å². The highest BCUT2D eigenvalue weighted by Gasteiger charge is 2.38. The Labute approximate surface area is 125 Å². The first kappa shape index (κ1) is 17.2. The van der Waals surface area contributed by atoms with E-state index in [1.807, 2.05) is 0 Å². The number of benzene rings is 1. The average molecular weight is 341 g/mol. The lowest BCUT2D eigenvalue weighted by atomic mass is 10.1. The van der Waals surface area contributed by atoms with Crippen molar-refractivity contribution >= 4 is 10.0 Å². The number of hydrogen-bond donors (Lipinski definition) is 2. The summed E-state index contributed by atoms with van der Waals surface area (Å²) in [4.78, 5) is -1.02. The van der Waals surface area contributed by atoms with Crippen LogP contribution in [0.1, 0.15) is 24.8 Å². The van der Waals surface area contributed by atoms with Gasteiger partial charge in [0.2, 0.25) is 10.0 Å². The Morgan fingerprint density at radius 3 is 2.50 bits per heavy atom. The summed E-state index contributed by atoms with van der Waals surface area (Å²) in [5, 5.41) is 9.61. The fourth-order valence-electron chi connectivity index (χ4n) is 2.51. The van der Waals surface area contributed by atoms with Crippen LogP contribution in [0, 0.1) is 11.7 Å². The number of sulfonamides is 1. The van der Waals surface area contributed by atoms with Gasteiger partial charge in [-0.2, -0.15) is 13.2 Å². The topological polar surface area (TPSA) is 66.4 Å². The van der Waals surface area contributed by atoms with Crippen LogP contribution in [0.3, 0.4) is 0 Å². The second-order valence-electron chi connectivity index (χ2n) is 5.25. The molecule has 124 valence electrons. The molecule has 1 aromatic rings. The van der Waals surface area contributed by atoms with Crippen LogP contribution < -0.4 is 4.72 Å². The number of hydrogen-bond acceptors (Lipinski definition) is 3. The van der Waals surface area contributed by atoms with E-state index in [0.29, 0.717) is 25.0 Å². The Morgan fingerprint density at radius 2 is 1.95 bits per heavy atom. The average Bonchev–Trinajstić information content (AvgIpc) is 2.81. The number of rotatable bonds is 4. The molecule has 1 aromatic carbocycles. The highest BCUT2D eigenvalue weighted by atomic mass is 32.2. The Balaban J connectivity index is 2.26. The fraction of sp³-hybridized carbons (Fsp3) is 0.538. The van der Waals surface area contributed by atoms with Crippen LogP contribution in [0.2, 0.25) is 0 Å². The summed E-state index contributed by atoms with van der Waals surface area (Å²) >= 11 is 0. The molecule has 2 N–H and O–H groups in total. The first-order valence-electron chi connectivity index (χ1n) is 6.66. The van der Waals surface area contributed by atoms with Gasteiger partial charge in [-0.05, 0) is 37.0 Å². The first-order valence-corrected chi connectivity index (χ1v) is 8.14. The van der Waals surface area contributed by atoms with Gasteiger partial charge in [-0.25, -0.2) is 17.5 Å².